The molecule has 1 aromatic heterocycles. The molecule has 1 amide bonds. The van der Waals surface area contributed by atoms with Crippen molar-refractivity contribution in [1.82, 2.24) is 10.2 Å². The van der Waals surface area contributed by atoms with E-state index in [4.69, 9.17) is 13.9 Å². The number of furan rings is 1. The second kappa shape index (κ2) is 7.42. The highest BCUT2D eigenvalue weighted by molar-refractivity contribution is 5.91. The minimum atomic E-state index is -0.230. The quantitative estimate of drug-likeness (QED) is 0.834. The van der Waals surface area contributed by atoms with E-state index in [1.54, 1.807) is 12.1 Å². The van der Waals surface area contributed by atoms with Crippen LogP contribution in [0.25, 0.3) is 0 Å². The zero-order chi connectivity index (χ0) is 14.4. The van der Waals surface area contributed by atoms with Crippen LogP contribution in [-0.4, -0.2) is 63.4 Å². The third-order valence-electron chi connectivity index (χ3n) is 3.22. The molecule has 2 rings (SSSR count). The fourth-order valence-electron chi connectivity index (χ4n) is 2.09. The van der Waals surface area contributed by atoms with Gasteiger partial charge in [-0.15, -0.1) is 0 Å². The number of ether oxygens (including phenoxy) is 2. The third-order valence-corrected chi connectivity index (χ3v) is 3.22. The van der Waals surface area contributed by atoms with E-state index in [9.17, 15) is 4.79 Å². The van der Waals surface area contributed by atoms with Crippen molar-refractivity contribution < 1.29 is 18.7 Å². The standard InChI is InChI=1S/C14H22N2O4/c1-16(2)6-9-20-12-5-8-18-10-11(12)15-14(17)13-4-3-7-19-13/h3-4,7,11-12H,5-6,8-10H2,1-2H3,(H,15,17)/t11-,12+/m1/s1. The summed E-state index contributed by atoms with van der Waals surface area (Å²) in [6.45, 7) is 2.64. The van der Waals surface area contributed by atoms with Gasteiger partial charge in [-0.05, 0) is 32.6 Å². The average Bonchev–Trinajstić information content (AvgIpc) is 2.94. The van der Waals surface area contributed by atoms with E-state index in [2.05, 4.69) is 10.2 Å². The second-order valence-electron chi connectivity index (χ2n) is 5.13. The van der Waals surface area contributed by atoms with Crippen LogP contribution in [-0.2, 0) is 9.47 Å². The Labute approximate surface area is 119 Å². The number of carbonyl (C=O) groups is 1. The lowest BCUT2D eigenvalue weighted by Gasteiger charge is -2.32. The van der Waals surface area contributed by atoms with Gasteiger partial charge in [0.25, 0.3) is 5.91 Å². The molecular weight excluding hydrogens is 260 g/mol. The van der Waals surface area contributed by atoms with Crippen molar-refractivity contribution in [2.24, 2.45) is 0 Å². The number of nitrogens with zero attached hydrogens (tertiary/aromatic N) is 1. The number of hydrogen-bond acceptors (Lipinski definition) is 5. The summed E-state index contributed by atoms with van der Waals surface area (Å²) < 4.78 is 16.4. The summed E-state index contributed by atoms with van der Waals surface area (Å²) in [7, 11) is 4.01. The van der Waals surface area contributed by atoms with Crippen molar-refractivity contribution in [2.45, 2.75) is 18.6 Å². The van der Waals surface area contributed by atoms with Crippen molar-refractivity contribution in [3.8, 4) is 0 Å². The molecule has 1 fully saturated rings. The largest absolute Gasteiger partial charge is 0.459 e. The average molecular weight is 282 g/mol. The molecule has 2 atom stereocenters. The molecule has 1 aliphatic heterocycles. The van der Waals surface area contributed by atoms with E-state index < -0.39 is 0 Å². The monoisotopic (exact) mass is 282 g/mol. The molecule has 6 heteroatoms. The number of nitrogens with one attached hydrogen (secondary N) is 1. The van der Waals surface area contributed by atoms with Crippen LogP contribution in [0.4, 0.5) is 0 Å². The molecule has 2 heterocycles. The summed E-state index contributed by atoms with van der Waals surface area (Å²) in [5.41, 5.74) is 0. The summed E-state index contributed by atoms with van der Waals surface area (Å²) in [5, 5.41) is 2.91. The zero-order valence-electron chi connectivity index (χ0n) is 12.0. The summed E-state index contributed by atoms with van der Waals surface area (Å²) in [6, 6.07) is 3.20. The number of amides is 1. The zero-order valence-corrected chi connectivity index (χ0v) is 12.0. The number of hydrogen-bond donors (Lipinski definition) is 1. The Morgan fingerprint density at radius 2 is 2.40 bits per heavy atom. The maximum absolute atomic E-state index is 12.0. The van der Waals surface area contributed by atoms with E-state index >= 15 is 0 Å². The number of likely N-dealkylation sites (N-methyl/N-ethyl adjacent to an activating group) is 1. The first-order valence-electron chi connectivity index (χ1n) is 6.85. The van der Waals surface area contributed by atoms with Gasteiger partial charge in [0, 0.05) is 13.2 Å². The molecule has 0 saturated carbocycles. The molecule has 0 aromatic carbocycles. The molecule has 20 heavy (non-hydrogen) atoms. The minimum absolute atomic E-state index is 0.0115. The van der Waals surface area contributed by atoms with Crippen LogP contribution in [0.2, 0.25) is 0 Å². The van der Waals surface area contributed by atoms with Gasteiger partial charge in [0.1, 0.15) is 0 Å². The summed E-state index contributed by atoms with van der Waals surface area (Å²) in [5.74, 6) is 0.0781. The highest BCUT2D eigenvalue weighted by atomic mass is 16.5. The SMILES string of the molecule is CN(C)CCO[C@H]1CCOC[C@H]1NC(=O)c1ccco1. The predicted molar refractivity (Wildman–Crippen MR) is 73.7 cm³/mol. The molecule has 0 aliphatic carbocycles. The molecule has 1 N–H and O–H groups in total. The van der Waals surface area contributed by atoms with Crippen molar-refractivity contribution in [3.05, 3.63) is 24.2 Å². The lowest BCUT2D eigenvalue weighted by molar-refractivity contribution is -0.0563. The minimum Gasteiger partial charge on any atom is -0.459 e. The van der Waals surface area contributed by atoms with Crippen LogP contribution in [0.15, 0.2) is 22.8 Å². The van der Waals surface area contributed by atoms with Crippen molar-refractivity contribution >= 4 is 5.91 Å². The molecule has 1 aliphatic rings. The van der Waals surface area contributed by atoms with Gasteiger partial charge >= 0.3 is 0 Å². The van der Waals surface area contributed by atoms with Crippen LogP contribution in [0.1, 0.15) is 17.0 Å². The molecular formula is C14H22N2O4. The van der Waals surface area contributed by atoms with E-state index in [0.717, 1.165) is 13.0 Å². The van der Waals surface area contributed by atoms with Gasteiger partial charge in [-0.1, -0.05) is 0 Å². The van der Waals surface area contributed by atoms with Gasteiger partial charge in [-0.3, -0.25) is 4.79 Å². The number of rotatable bonds is 6. The highest BCUT2D eigenvalue weighted by Crippen LogP contribution is 2.13. The molecule has 0 spiro atoms. The van der Waals surface area contributed by atoms with Gasteiger partial charge in [0.15, 0.2) is 5.76 Å². The fraction of sp³-hybridized carbons (Fsp3) is 0.643. The summed E-state index contributed by atoms with van der Waals surface area (Å²) in [6.07, 6.45) is 2.26. The molecule has 6 nitrogen and oxygen atoms in total. The summed E-state index contributed by atoms with van der Waals surface area (Å²) >= 11 is 0. The maximum Gasteiger partial charge on any atom is 0.287 e. The van der Waals surface area contributed by atoms with E-state index in [1.807, 2.05) is 14.1 Å². The lowest BCUT2D eigenvalue weighted by Crippen LogP contribution is -2.50. The van der Waals surface area contributed by atoms with Gasteiger partial charge in [-0.25, -0.2) is 0 Å². The Balaban J connectivity index is 1.85. The normalized spacial score (nSPS) is 22.9. The van der Waals surface area contributed by atoms with Crippen molar-refractivity contribution in [2.75, 3.05) is 40.5 Å². The predicted octanol–water partition coefficient (Wildman–Crippen LogP) is 0.745. The van der Waals surface area contributed by atoms with Gasteiger partial charge in [0.2, 0.25) is 0 Å². The second-order valence-corrected chi connectivity index (χ2v) is 5.13. The molecule has 0 bridgehead atoms. The molecule has 1 saturated heterocycles. The van der Waals surface area contributed by atoms with Gasteiger partial charge in [0.05, 0.1) is 31.6 Å². The molecule has 1 aromatic rings. The summed E-state index contributed by atoms with van der Waals surface area (Å²) in [4.78, 5) is 14.0. The van der Waals surface area contributed by atoms with E-state index in [1.165, 1.54) is 6.26 Å². The van der Waals surface area contributed by atoms with Gasteiger partial charge < -0.3 is 24.1 Å². The first-order valence-corrected chi connectivity index (χ1v) is 6.85. The Morgan fingerprint density at radius 1 is 1.55 bits per heavy atom. The van der Waals surface area contributed by atoms with E-state index in [0.29, 0.717) is 25.6 Å². The van der Waals surface area contributed by atoms with Crippen LogP contribution in [0, 0.1) is 0 Å². The Hall–Kier alpha value is -1.37. The van der Waals surface area contributed by atoms with Crippen LogP contribution < -0.4 is 5.32 Å². The van der Waals surface area contributed by atoms with Gasteiger partial charge in [-0.2, -0.15) is 0 Å². The Bertz CT molecular complexity index is 405. The Morgan fingerprint density at radius 3 is 3.10 bits per heavy atom. The number of carbonyl (C=O) groups excluding carboxylic acids is 1. The first-order chi connectivity index (χ1) is 9.66. The van der Waals surface area contributed by atoms with E-state index in [-0.39, 0.29) is 18.1 Å². The van der Waals surface area contributed by atoms with Crippen LogP contribution >= 0.6 is 0 Å². The van der Waals surface area contributed by atoms with Crippen molar-refractivity contribution in [1.29, 1.82) is 0 Å². The van der Waals surface area contributed by atoms with Crippen LogP contribution in [0.5, 0.6) is 0 Å². The van der Waals surface area contributed by atoms with Crippen molar-refractivity contribution in [3.63, 3.8) is 0 Å². The smallest absolute Gasteiger partial charge is 0.287 e. The topological polar surface area (TPSA) is 63.9 Å². The molecule has 0 unspecified atom stereocenters. The first kappa shape index (κ1) is 15.0. The maximum atomic E-state index is 12.0. The molecule has 112 valence electrons. The Kier molecular flexibility index (Phi) is 5.58. The lowest BCUT2D eigenvalue weighted by atomic mass is 10.1. The highest BCUT2D eigenvalue weighted by Gasteiger charge is 2.28. The third kappa shape index (κ3) is 4.33. The fourth-order valence-corrected chi connectivity index (χ4v) is 2.09. The van der Waals surface area contributed by atoms with Crippen LogP contribution in [0.3, 0.4) is 0 Å². The molecule has 0 radical (unpaired) electrons.